The van der Waals surface area contributed by atoms with Gasteiger partial charge >= 0.3 is 6.09 Å². The Kier molecular flexibility index (Phi) is 9.50. The fourth-order valence-corrected chi connectivity index (χ4v) is 5.04. The van der Waals surface area contributed by atoms with E-state index in [9.17, 15) is 14.4 Å². The molecular weight excluding hydrogens is 466 g/mol. The zero-order valence-corrected chi connectivity index (χ0v) is 22.5. The van der Waals surface area contributed by atoms with Gasteiger partial charge in [0, 0.05) is 36.7 Å². The van der Waals surface area contributed by atoms with Crippen molar-refractivity contribution in [1.29, 1.82) is 0 Å². The highest BCUT2D eigenvalue weighted by Gasteiger charge is 2.40. The first-order valence-corrected chi connectivity index (χ1v) is 13.1. The minimum atomic E-state index is -0.470. The van der Waals surface area contributed by atoms with E-state index in [1.807, 2.05) is 67.3 Å². The summed E-state index contributed by atoms with van der Waals surface area (Å²) in [4.78, 5) is 39.3. The highest BCUT2D eigenvalue weighted by Crippen LogP contribution is 2.43. The fraction of sp³-hybridized carbons (Fsp3) is 0.433. The summed E-state index contributed by atoms with van der Waals surface area (Å²) >= 11 is 0. The van der Waals surface area contributed by atoms with Gasteiger partial charge in [-0.2, -0.15) is 0 Å². The van der Waals surface area contributed by atoms with E-state index < -0.39 is 6.09 Å². The number of carbonyl (C=O) groups is 3. The van der Waals surface area contributed by atoms with Crippen molar-refractivity contribution < 1.29 is 19.1 Å². The van der Waals surface area contributed by atoms with E-state index in [4.69, 9.17) is 4.74 Å². The van der Waals surface area contributed by atoms with Gasteiger partial charge in [-0.15, -0.1) is 6.58 Å². The van der Waals surface area contributed by atoms with Crippen LogP contribution in [0, 0.1) is 5.92 Å². The van der Waals surface area contributed by atoms with Crippen LogP contribution in [-0.4, -0.2) is 30.1 Å². The average molecular weight is 506 g/mol. The topological polar surface area (TPSA) is 87.7 Å². The summed E-state index contributed by atoms with van der Waals surface area (Å²) in [6.07, 6.45) is 3.91. The second kappa shape index (κ2) is 12.6. The average Bonchev–Trinajstić information content (AvgIpc) is 2.85. The first kappa shape index (κ1) is 28.0. The number of carbonyl (C=O) groups excluding carboxylic acids is 3. The lowest BCUT2D eigenvalue weighted by Crippen LogP contribution is -2.52. The second-order valence-corrected chi connectivity index (χ2v) is 9.88. The molecule has 1 aliphatic rings. The lowest BCUT2D eigenvalue weighted by molar-refractivity contribution is -0.117. The van der Waals surface area contributed by atoms with Crippen LogP contribution in [0.1, 0.15) is 71.9 Å². The molecule has 2 aromatic carbocycles. The molecule has 7 nitrogen and oxygen atoms in total. The van der Waals surface area contributed by atoms with Gasteiger partial charge in [0.05, 0.1) is 12.1 Å². The van der Waals surface area contributed by atoms with Crippen LogP contribution in [0.25, 0.3) is 11.1 Å². The molecule has 0 spiro atoms. The van der Waals surface area contributed by atoms with Gasteiger partial charge in [-0.25, -0.2) is 4.79 Å². The molecule has 1 aliphatic heterocycles. The third-order valence-corrected chi connectivity index (χ3v) is 6.77. The Hall–Kier alpha value is -3.61. The van der Waals surface area contributed by atoms with E-state index in [0.29, 0.717) is 6.42 Å². The van der Waals surface area contributed by atoms with Crippen LogP contribution in [0.5, 0.6) is 0 Å². The molecule has 3 amide bonds. The van der Waals surface area contributed by atoms with Crippen LogP contribution in [0.15, 0.2) is 55.1 Å². The molecule has 37 heavy (non-hydrogen) atoms. The van der Waals surface area contributed by atoms with Gasteiger partial charge in [-0.05, 0) is 74.1 Å². The standard InChI is InChI=1S/C30H39N3O4/c1-7-9-10-11-28(35)31-24-15-12-22(13-16-24)23-14-17-27-25(18-23)29(32-30(36)37-19(3)4)20(5)26(8-2)33(27)21(6)34/h7,12-20,26,29H,1,8-11H2,2-6H3,(H,31,35)(H,32,36)/t20-,26+,29?/m1/s1. The largest absolute Gasteiger partial charge is 0.447 e. The Bertz CT molecular complexity index is 1130. The SMILES string of the molecule is C=CCCCC(=O)Nc1ccc(-c2ccc3c(c2)C(NC(=O)OC(C)C)[C@H](C)[C@H](CC)N3C(C)=O)cc1. The number of hydrogen-bond donors (Lipinski definition) is 2. The number of amides is 3. The molecular formula is C30H39N3O4. The van der Waals surface area contributed by atoms with E-state index >= 15 is 0 Å². The van der Waals surface area contributed by atoms with E-state index in [2.05, 4.69) is 31.1 Å². The van der Waals surface area contributed by atoms with E-state index in [-0.39, 0.29) is 35.9 Å². The molecule has 2 N–H and O–H groups in total. The smallest absolute Gasteiger partial charge is 0.407 e. The maximum Gasteiger partial charge on any atom is 0.407 e. The van der Waals surface area contributed by atoms with Gasteiger partial charge in [-0.1, -0.05) is 38.1 Å². The zero-order valence-electron chi connectivity index (χ0n) is 22.5. The van der Waals surface area contributed by atoms with Crippen LogP contribution >= 0.6 is 0 Å². The Morgan fingerprint density at radius 2 is 1.78 bits per heavy atom. The third-order valence-electron chi connectivity index (χ3n) is 6.77. The van der Waals surface area contributed by atoms with Gasteiger partial charge in [0.2, 0.25) is 11.8 Å². The number of allylic oxidation sites excluding steroid dienone is 1. The molecule has 3 atom stereocenters. The molecule has 0 aromatic heterocycles. The third kappa shape index (κ3) is 6.79. The van der Waals surface area contributed by atoms with Crippen molar-refractivity contribution in [3.63, 3.8) is 0 Å². The summed E-state index contributed by atoms with van der Waals surface area (Å²) in [7, 11) is 0. The lowest BCUT2D eigenvalue weighted by atomic mass is 9.80. The van der Waals surface area contributed by atoms with Crippen molar-refractivity contribution >= 4 is 29.3 Å². The summed E-state index contributed by atoms with van der Waals surface area (Å²) in [5.74, 6) is -0.0616. The Morgan fingerprint density at radius 1 is 1.11 bits per heavy atom. The minimum Gasteiger partial charge on any atom is -0.447 e. The van der Waals surface area contributed by atoms with E-state index in [0.717, 1.165) is 47.3 Å². The number of alkyl carbamates (subject to hydrolysis) is 1. The predicted octanol–water partition coefficient (Wildman–Crippen LogP) is 6.61. The van der Waals surface area contributed by atoms with Gasteiger partial charge in [0.1, 0.15) is 0 Å². The summed E-state index contributed by atoms with van der Waals surface area (Å²) in [5.41, 5.74) is 4.35. The van der Waals surface area contributed by atoms with Gasteiger partial charge < -0.3 is 20.3 Å². The number of benzene rings is 2. The highest BCUT2D eigenvalue weighted by atomic mass is 16.6. The minimum absolute atomic E-state index is 0.0185. The predicted molar refractivity (Wildman–Crippen MR) is 148 cm³/mol. The van der Waals surface area contributed by atoms with Crippen molar-refractivity contribution in [1.82, 2.24) is 5.32 Å². The summed E-state index contributed by atoms with van der Waals surface area (Å²) in [5, 5.41) is 5.99. The van der Waals surface area contributed by atoms with Crippen molar-refractivity contribution in [3.05, 3.63) is 60.7 Å². The molecule has 1 heterocycles. The molecule has 0 saturated carbocycles. The van der Waals surface area contributed by atoms with E-state index in [1.165, 1.54) is 0 Å². The number of nitrogens with zero attached hydrogens (tertiary/aromatic N) is 1. The second-order valence-electron chi connectivity index (χ2n) is 9.88. The first-order valence-electron chi connectivity index (χ1n) is 13.1. The molecule has 0 saturated heterocycles. The number of fused-ring (bicyclic) bond motifs is 1. The molecule has 7 heteroatoms. The number of nitrogens with one attached hydrogen (secondary N) is 2. The van der Waals surface area contributed by atoms with E-state index in [1.54, 1.807) is 6.92 Å². The molecule has 0 radical (unpaired) electrons. The molecule has 0 fully saturated rings. The van der Waals surface area contributed by atoms with Crippen LogP contribution < -0.4 is 15.5 Å². The van der Waals surface area contributed by atoms with Crippen molar-refractivity contribution in [2.24, 2.45) is 5.92 Å². The molecule has 0 aliphatic carbocycles. The molecule has 1 unspecified atom stereocenters. The monoisotopic (exact) mass is 505 g/mol. The van der Waals surface area contributed by atoms with Gasteiger partial charge in [0.25, 0.3) is 0 Å². The quantitative estimate of drug-likeness (QED) is 0.297. The lowest BCUT2D eigenvalue weighted by Gasteiger charge is -2.45. The molecule has 198 valence electrons. The molecule has 2 aromatic rings. The highest BCUT2D eigenvalue weighted by molar-refractivity contribution is 5.95. The van der Waals surface area contributed by atoms with Gasteiger partial charge in [-0.3, -0.25) is 9.59 Å². The fourth-order valence-electron chi connectivity index (χ4n) is 5.04. The van der Waals surface area contributed by atoms with Crippen LogP contribution in [0.4, 0.5) is 16.2 Å². The number of anilines is 2. The molecule has 0 bridgehead atoms. The van der Waals surface area contributed by atoms with Crippen LogP contribution in [-0.2, 0) is 14.3 Å². The Balaban J connectivity index is 1.92. The zero-order chi connectivity index (χ0) is 27.1. The number of ether oxygens (including phenoxy) is 1. The Labute approximate surface area is 220 Å². The Morgan fingerprint density at radius 3 is 2.38 bits per heavy atom. The number of unbranched alkanes of at least 4 members (excludes halogenated alkanes) is 1. The normalized spacial score (nSPS) is 18.6. The summed E-state index contributed by atoms with van der Waals surface area (Å²) in [6, 6.07) is 13.3. The maximum atomic E-state index is 12.7. The first-order chi connectivity index (χ1) is 17.7. The maximum absolute atomic E-state index is 12.7. The number of hydrogen-bond acceptors (Lipinski definition) is 4. The van der Waals surface area contributed by atoms with Crippen LogP contribution in [0.3, 0.4) is 0 Å². The van der Waals surface area contributed by atoms with Crippen molar-refractivity contribution in [2.45, 2.75) is 78.5 Å². The number of rotatable bonds is 9. The molecule has 3 rings (SSSR count). The summed E-state index contributed by atoms with van der Waals surface area (Å²) in [6.45, 7) is 13.0. The summed E-state index contributed by atoms with van der Waals surface area (Å²) < 4.78 is 5.38. The van der Waals surface area contributed by atoms with Crippen molar-refractivity contribution in [2.75, 3.05) is 10.2 Å². The van der Waals surface area contributed by atoms with Gasteiger partial charge in [0.15, 0.2) is 0 Å². The van der Waals surface area contributed by atoms with Crippen LogP contribution in [0.2, 0.25) is 0 Å². The van der Waals surface area contributed by atoms with Crippen molar-refractivity contribution in [3.8, 4) is 11.1 Å².